The number of phenols is 1. The van der Waals surface area contributed by atoms with Crippen LogP contribution in [0, 0.1) is 5.41 Å². The number of hydrogen-bond donors (Lipinski definition) is 5. The molecule has 9 nitrogen and oxygen atoms in total. The summed E-state index contributed by atoms with van der Waals surface area (Å²) in [5, 5.41) is 33.4. The largest absolute Gasteiger partial charge is 0.505 e. The van der Waals surface area contributed by atoms with Crippen LogP contribution >= 0.6 is 0 Å². The van der Waals surface area contributed by atoms with E-state index in [1.165, 1.54) is 49.7 Å². The lowest BCUT2D eigenvalue weighted by atomic mass is 10.0. The molecule has 4 rings (SSSR count). The van der Waals surface area contributed by atoms with E-state index in [2.05, 4.69) is 41.0 Å². The Bertz CT molecular complexity index is 1280. The van der Waals surface area contributed by atoms with Crippen molar-refractivity contribution < 1.29 is 24.2 Å². The Hall–Kier alpha value is -4.40. The number of aryl methyl sites for hydroxylation is 1. The number of para-hydroxylation sites is 1. The SMILES string of the molecule is CC(=N)/C(C=O)=N/Nc1cccc(-c2ccc(C(=O)O)o2)c1O.CNc1ccc2c(c1)C(C)CC2. The van der Waals surface area contributed by atoms with Gasteiger partial charge in [0.25, 0.3) is 0 Å². The number of nitrogens with one attached hydrogen (secondary N) is 3. The number of fused-ring (bicyclic) bond motifs is 1. The molecule has 1 aliphatic rings. The van der Waals surface area contributed by atoms with Crippen LogP contribution in [-0.2, 0) is 11.2 Å². The van der Waals surface area contributed by atoms with Gasteiger partial charge in [-0.2, -0.15) is 5.10 Å². The molecule has 2 aromatic carbocycles. The molecule has 1 unspecified atom stereocenters. The van der Waals surface area contributed by atoms with Gasteiger partial charge in [-0.15, -0.1) is 0 Å². The first-order valence-corrected chi connectivity index (χ1v) is 11.1. The molecule has 0 saturated heterocycles. The number of aromatic carboxylic acids is 1. The van der Waals surface area contributed by atoms with E-state index in [4.69, 9.17) is 14.9 Å². The van der Waals surface area contributed by atoms with Gasteiger partial charge in [0, 0.05) is 12.7 Å². The average molecular weight is 477 g/mol. The summed E-state index contributed by atoms with van der Waals surface area (Å²) in [5.41, 5.74) is 7.12. The summed E-state index contributed by atoms with van der Waals surface area (Å²) in [6.45, 7) is 3.72. The second kappa shape index (κ2) is 11.1. The standard InChI is InChI=1S/C15H13N3O5.C11H15N/c1-8(16)11(7-19)18-17-10-4-2-3-9(14(10)20)12-5-6-13(23-12)15(21)22;1-8-3-4-9-5-6-10(12-2)7-11(8)9/h2-7,16-17,20H,1H3,(H,21,22);5-8,12H,3-4H2,1-2H3/b16-8?,18-11+;. The highest BCUT2D eigenvalue weighted by Crippen LogP contribution is 2.36. The minimum absolute atomic E-state index is 0.0275. The number of anilines is 2. The molecule has 0 fully saturated rings. The third-order valence-corrected chi connectivity index (χ3v) is 5.72. The zero-order chi connectivity index (χ0) is 25.5. The lowest BCUT2D eigenvalue weighted by molar-refractivity contribution is -0.102. The van der Waals surface area contributed by atoms with Crippen molar-refractivity contribution in [1.29, 1.82) is 5.41 Å². The fourth-order valence-corrected chi connectivity index (χ4v) is 3.71. The fraction of sp³-hybridized carbons (Fsp3) is 0.231. The van der Waals surface area contributed by atoms with Gasteiger partial charge in [0.2, 0.25) is 5.76 Å². The normalized spacial score (nSPS) is 14.4. The van der Waals surface area contributed by atoms with Crippen LogP contribution in [-0.4, -0.2) is 40.9 Å². The van der Waals surface area contributed by atoms with Crippen molar-refractivity contribution in [3.63, 3.8) is 0 Å². The van der Waals surface area contributed by atoms with Crippen LogP contribution in [0.3, 0.4) is 0 Å². The van der Waals surface area contributed by atoms with Gasteiger partial charge in [0.05, 0.1) is 17.0 Å². The summed E-state index contributed by atoms with van der Waals surface area (Å²) in [7, 11) is 1.97. The predicted molar refractivity (Wildman–Crippen MR) is 136 cm³/mol. The van der Waals surface area contributed by atoms with Crippen LogP contribution in [0.5, 0.6) is 5.75 Å². The number of hydrogen-bond acceptors (Lipinski definition) is 8. The van der Waals surface area contributed by atoms with E-state index in [0.717, 1.165) is 5.92 Å². The van der Waals surface area contributed by atoms with Crippen LogP contribution in [0.2, 0.25) is 0 Å². The van der Waals surface area contributed by atoms with Gasteiger partial charge >= 0.3 is 5.97 Å². The number of carboxylic acids is 1. The van der Waals surface area contributed by atoms with Crippen LogP contribution in [0.15, 0.2) is 58.0 Å². The number of carbonyl (C=O) groups excluding carboxylic acids is 1. The topological polar surface area (TPSA) is 148 Å². The third kappa shape index (κ3) is 5.94. The summed E-state index contributed by atoms with van der Waals surface area (Å²) < 4.78 is 5.14. The minimum Gasteiger partial charge on any atom is -0.505 e. The molecule has 9 heteroatoms. The fourth-order valence-electron chi connectivity index (χ4n) is 3.71. The zero-order valence-corrected chi connectivity index (χ0v) is 19.8. The van der Waals surface area contributed by atoms with Crippen LogP contribution in [0.25, 0.3) is 11.3 Å². The summed E-state index contributed by atoms with van der Waals surface area (Å²) >= 11 is 0. The molecule has 182 valence electrons. The van der Waals surface area contributed by atoms with E-state index in [1.54, 1.807) is 17.2 Å². The van der Waals surface area contributed by atoms with Gasteiger partial charge in [-0.05, 0) is 73.2 Å². The lowest BCUT2D eigenvalue weighted by Crippen LogP contribution is -2.12. The number of aldehydes is 1. The summed E-state index contributed by atoms with van der Waals surface area (Å²) in [6.07, 6.45) is 3.00. The number of rotatable bonds is 7. The maximum atomic E-state index is 10.8. The zero-order valence-electron chi connectivity index (χ0n) is 19.8. The number of aromatic hydroxyl groups is 1. The Kier molecular flexibility index (Phi) is 8.04. The van der Waals surface area contributed by atoms with Gasteiger partial charge in [-0.25, -0.2) is 4.79 Å². The van der Waals surface area contributed by atoms with Crippen molar-refractivity contribution in [3.05, 3.63) is 65.4 Å². The first-order valence-electron chi connectivity index (χ1n) is 11.1. The van der Waals surface area contributed by atoms with Gasteiger partial charge in [0.1, 0.15) is 11.5 Å². The highest BCUT2D eigenvalue weighted by atomic mass is 16.4. The molecule has 3 aromatic rings. The van der Waals surface area contributed by atoms with E-state index >= 15 is 0 Å². The highest BCUT2D eigenvalue weighted by molar-refractivity contribution is 6.60. The lowest BCUT2D eigenvalue weighted by Gasteiger charge is -2.08. The van der Waals surface area contributed by atoms with Crippen molar-refractivity contribution in [2.45, 2.75) is 32.6 Å². The molecule has 1 atom stereocenters. The Morgan fingerprint density at radius 3 is 2.63 bits per heavy atom. The molecule has 0 saturated carbocycles. The van der Waals surface area contributed by atoms with Gasteiger partial charge in [0.15, 0.2) is 12.0 Å². The molecule has 0 amide bonds. The molecular formula is C26H28N4O5. The predicted octanol–water partition coefficient (Wildman–Crippen LogP) is 5.13. The Balaban J connectivity index is 0.000000237. The number of furan rings is 1. The minimum atomic E-state index is -1.22. The Morgan fingerprint density at radius 2 is 2.00 bits per heavy atom. The quantitative estimate of drug-likeness (QED) is 0.137. The van der Waals surface area contributed by atoms with E-state index in [1.807, 2.05) is 7.05 Å². The van der Waals surface area contributed by atoms with Crippen molar-refractivity contribution in [3.8, 4) is 17.1 Å². The van der Waals surface area contributed by atoms with Gasteiger partial charge < -0.3 is 25.4 Å². The van der Waals surface area contributed by atoms with Crippen LogP contribution in [0.4, 0.5) is 11.4 Å². The van der Waals surface area contributed by atoms with Crippen molar-refractivity contribution >= 4 is 35.1 Å². The number of benzene rings is 2. The Labute approximate surface area is 203 Å². The van der Waals surface area contributed by atoms with Crippen molar-refractivity contribution in [2.75, 3.05) is 17.8 Å². The van der Waals surface area contributed by atoms with E-state index in [0.29, 0.717) is 6.29 Å². The molecule has 0 bridgehead atoms. The second-order valence-electron chi connectivity index (χ2n) is 8.13. The van der Waals surface area contributed by atoms with Crippen molar-refractivity contribution in [1.82, 2.24) is 0 Å². The van der Waals surface area contributed by atoms with Crippen molar-refractivity contribution in [2.24, 2.45) is 5.10 Å². The number of hydrazone groups is 1. The van der Waals surface area contributed by atoms with E-state index in [9.17, 15) is 14.7 Å². The third-order valence-electron chi connectivity index (χ3n) is 5.72. The summed E-state index contributed by atoms with van der Waals surface area (Å²) in [6, 6.07) is 14.0. The van der Waals surface area contributed by atoms with Gasteiger partial charge in [-0.1, -0.05) is 19.1 Å². The molecule has 1 aromatic heterocycles. The summed E-state index contributed by atoms with van der Waals surface area (Å²) in [4.78, 5) is 21.6. The molecular weight excluding hydrogens is 448 g/mol. The molecule has 35 heavy (non-hydrogen) atoms. The average Bonchev–Trinajstić information content (AvgIpc) is 3.48. The monoisotopic (exact) mass is 476 g/mol. The maximum Gasteiger partial charge on any atom is 0.371 e. The summed E-state index contributed by atoms with van der Waals surface area (Å²) in [5.74, 6) is -0.764. The molecule has 0 aliphatic heterocycles. The van der Waals surface area contributed by atoms with Gasteiger partial charge in [-0.3, -0.25) is 10.2 Å². The maximum absolute atomic E-state index is 10.8. The molecule has 1 heterocycles. The molecule has 5 N–H and O–H groups in total. The van der Waals surface area contributed by atoms with E-state index in [-0.39, 0.29) is 39.9 Å². The first-order chi connectivity index (χ1) is 16.7. The second-order valence-corrected chi connectivity index (χ2v) is 8.13. The number of carboxylic acid groups (broad SMARTS) is 1. The number of phenolic OH excluding ortho intramolecular Hbond substituents is 1. The number of carbonyl (C=O) groups is 2. The molecule has 1 aliphatic carbocycles. The highest BCUT2D eigenvalue weighted by Gasteiger charge is 2.18. The first kappa shape index (κ1) is 25.2. The molecule has 0 spiro atoms. The van der Waals surface area contributed by atoms with Crippen LogP contribution in [0.1, 0.15) is 47.9 Å². The Morgan fingerprint density at radius 1 is 1.23 bits per heavy atom. The van der Waals surface area contributed by atoms with Crippen LogP contribution < -0.4 is 10.7 Å². The van der Waals surface area contributed by atoms with E-state index < -0.39 is 5.97 Å². The number of nitrogens with zero attached hydrogens (tertiary/aromatic N) is 1. The molecule has 0 radical (unpaired) electrons. The smallest absolute Gasteiger partial charge is 0.371 e.